The minimum Gasteiger partial charge on any atom is -0.309 e. The summed E-state index contributed by atoms with van der Waals surface area (Å²) in [7, 11) is 0. The van der Waals surface area contributed by atoms with E-state index in [-0.39, 0.29) is 25.5 Å². The van der Waals surface area contributed by atoms with Crippen LogP contribution in [0.3, 0.4) is 0 Å². The van der Waals surface area contributed by atoms with Crippen LogP contribution in [0.1, 0.15) is 25.0 Å². The van der Waals surface area contributed by atoms with Crippen molar-refractivity contribution >= 4 is 59.3 Å². The van der Waals surface area contributed by atoms with Crippen LogP contribution < -0.4 is 0 Å². The second-order valence-electron chi connectivity index (χ2n) is 14.6. The maximum Gasteiger partial charge on any atom is 0.0582 e. The zero-order chi connectivity index (χ0) is 37.1. The van der Waals surface area contributed by atoms with E-state index in [1.807, 2.05) is 54.9 Å². The summed E-state index contributed by atoms with van der Waals surface area (Å²) in [6, 6.07) is 62.2. The minimum absolute atomic E-state index is 0. The molecule has 4 heterocycles. The Morgan fingerprint density at radius 2 is 1.12 bits per heavy atom. The first-order valence-electron chi connectivity index (χ1n) is 18.5. The predicted octanol–water partition coefficient (Wildman–Crippen LogP) is 13.6. The topological polar surface area (TPSA) is 30.7 Å². The number of hydrogen-bond donors (Lipinski definition) is 0. The normalized spacial score (nSPS) is 12.6. The second kappa shape index (κ2) is 14.4. The Hall–Kier alpha value is -5.71. The Balaban J connectivity index is 0.000000191. The molecular formula is C51H34BrIrN3-2. The minimum atomic E-state index is -0.0566. The van der Waals surface area contributed by atoms with Gasteiger partial charge in [0.2, 0.25) is 0 Å². The van der Waals surface area contributed by atoms with E-state index in [9.17, 15) is 0 Å². The summed E-state index contributed by atoms with van der Waals surface area (Å²) in [6.45, 7) is 4.69. The van der Waals surface area contributed by atoms with Crippen LogP contribution in [0.15, 0.2) is 175 Å². The van der Waals surface area contributed by atoms with Crippen LogP contribution in [0, 0.1) is 12.1 Å². The van der Waals surface area contributed by atoms with E-state index < -0.39 is 0 Å². The zero-order valence-corrected chi connectivity index (χ0v) is 34.7. The molecule has 7 aromatic carbocycles. The Labute approximate surface area is 348 Å². The maximum atomic E-state index is 4.73. The molecule has 5 heteroatoms. The summed E-state index contributed by atoms with van der Waals surface area (Å²) in [5, 5.41) is 7.28. The summed E-state index contributed by atoms with van der Waals surface area (Å²) in [4.78, 5) is 9.20. The Kier molecular flexibility index (Phi) is 9.26. The predicted molar refractivity (Wildman–Crippen MR) is 232 cm³/mol. The van der Waals surface area contributed by atoms with Crippen LogP contribution in [0.5, 0.6) is 0 Å². The van der Waals surface area contributed by atoms with E-state index >= 15 is 0 Å². The van der Waals surface area contributed by atoms with E-state index in [1.165, 1.54) is 60.5 Å². The largest absolute Gasteiger partial charge is 0.309 e. The molecule has 0 fully saturated rings. The number of nitrogens with zero attached hydrogens (tertiary/aromatic N) is 3. The van der Waals surface area contributed by atoms with Gasteiger partial charge in [0.25, 0.3) is 0 Å². The maximum absolute atomic E-state index is 4.73. The fourth-order valence-electron chi connectivity index (χ4n) is 8.37. The monoisotopic (exact) mass is 960 g/mol. The third-order valence-corrected chi connectivity index (χ3v) is 11.5. The molecule has 3 aromatic heterocycles. The van der Waals surface area contributed by atoms with Crippen molar-refractivity contribution in [1.29, 1.82) is 0 Å². The van der Waals surface area contributed by atoms with E-state index in [4.69, 9.17) is 4.98 Å². The molecule has 0 saturated heterocycles. The SMILES string of the molecule is Brc1cc[c-]c(-c2nccc3ccccc23)c1.CC1(C)c2ccccc2-n2c3ccc(-c4cc[c-]c(-c5nccc6ccccc56)c4)cc3c3cccc1c32.[Ir]. The summed E-state index contributed by atoms with van der Waals surface area (Å²) in [6.07, 6.45) is 3.73. The Morgan fingerprint density at radius 3 is 1.84 bits per heavy atom. The number of pyridine rings is 2. The summed E-state index contributed by atoms with van der Waals surface area (Å²) >= 11 is 3.48. The van der Waals surface area contributed by atoms with E-state index in [1.54, 1.807) is 0 Å². The number of aromatic nitrogens is 3. The molecule has 11 rings (SSSR count). The van der Waals surface area contributed by atoms with Gasteiger partial charge in [-0.15, -0.1) is 65.2 Å². The van der Waals surface area contributed by atoms with Crippen LogP contribution >= 0.6 is 15.9 Å². The van der Waals surface area contributed by atoms with Crippen LogP contribution in [0.25, 0.3) is 82.7 Å². The van der Waals surface area contributed by atoms with Crippen LogP contribution in [0.2, 0.25) is 0 Å². The molecule has 0 spiro atoms. The van der Waals surface area contributed by atoms with E-state index in [0.717, 1.165) is 37.8 Å². The Morgan fingerprint density at radius 1 is 0.536 bits per heavy atom. The second-order valence-corrected chi connectivity index (χ2v) is 15.5. The number of para-hydroxylation sites is 2. The third kappa shape index (κ3) is 5.99. The van der Waals surface area contributed by atoms with Gasteiger partial charge < -0.3 is 14.5 Å². The quantitative estimate of drug-likeness (QED) is 0.165. The van der Waals surface area contributed by atoms with Crippen molar-refractivity contribution in [3.8, 4) is 39.3 Å². The first-order chi connectivity index (χ1) is 27.0. The van der Waals surface area contributed by atoms with Gasteiger partial charge in [0.05, 0.1) is 16.7 Å². The number of benzene rings is 7. The summed E-state index contributed by atoms with van der Waals surface area (Å²) in [5.74, 6) is 0. The molecule has 0 N–H and O–H groups in total. The van der Waals surface area contributed by atoms with Crippen molar-refractivity contribution in [3.63, 3.8) is 0 Å². The average Bonchev–Trinajstić information content (AvgIpc) is 3.57. The molecule has 0 atom stereocenters. The van der Waals surface area contributed by atoms with Gasteiger partial charge in [0.15, 0.2) is 0 Å². The van der Waals surface area contributed by atoms with Crippen molar-refractivity contribution in [2.75, 3.05) is 0 Å². The molecule has 0 amide bonds. The van der Waals surface area contributed by atoms with Crippen molar-refractivity contribution < 1.29 is 20.1 Å². The van der Waals surface area contributed by atoms with E-state index in [2.05, 4.69) is 167 Å². The van der Waals surface area contributed by atoms with Crippen LogP contribution in [-0.2, 0) is 25.5 Å². The zero-order valence-electron chi connectivity index (χ0n) is 30.7. The molecule has 0 unspecified atom stereocenters. The molecule has 10 aromatic rings. The molecule has 0 aliphatic carbocycles. The van der Waals surface area contributed by atoms with Gasteiger partial charge in [0, 0.05) is 48.7 Å². The van der Waals surface area contributed by atoms with Crippen LogP contribution in [-0.4, -0.2) is 14.5 Å². The molecule has 1 aliphatic heterocycles. The molecule has 0 bridgehead atoms. The molecular weight excluding hydrogens is 927 g/mol. The summed E-state index contributed by atoms with van der Waals surface area (Å²) < 4.78 is 3.51. The van der Waals surface area contributed by atoms with Gasteiger partial charge in [-0.3, -0.25) is 0 Å². The number of rotatable bonds is 3. The first kappa shape index (κ1) is 36.0. The smallest absolute Gasteiger partial charge is 0.0582 e. The van der Waals surface area contributed by atoms with Gasteiger partial charge in [-0.2, -0.15) is 0 Å². The molecule has 56 heavy (non-hydrogen) atoms. The molecule has 271 valence electrons. The molecule has 1 aliphatic rings. The average molecular weight is 961 g/mol. The van der Waals surface area contributed by atoms with Crippen molar-refractivity contribution in [2.45, 2.75) is 19.3 Å². The fraction of sp³-hybridized carbons (Fsp3) is 0.0588. The molecule has 0 saturated carbocycles. The number of hydrogen-bond acceptors (Lipinski definition) is 2. The number of halogens is 1. The van der Waals surface area contributed by atoms with Crippen molar-refractivity contribution in [1.82, 2.24) is 14.5 Å². The van der Waals surface area contributed by atoms with Crippen LogP contribution in [0.4, 0.5) is 0 Å². The molecule has 3 nitrogen and oxygen atoms in total. The fourth-order valence-corrected chi connectivity index (χ4v) is 8.73. The Bertz CT molecular complexity index is 3100. The van der Waals surface area contributed by atoms with Gasteiger partial charge in [0.1, 0.15) is 0 Å². The van der Waals surface area contributed by atoms with Gasteiger partial charge in [-0.1, -0.05) is 125 Å². The van der Waals surface area contributed by atoms with Crippen molar-refractivity contribution in [2.24, 2.45) is 0 Å². The molecule has 1 radical (unpaired) electrons. The first-order valence-corrected chi connectivity index (χ1v) is 19.3. The van der Waals surface area contributed by atoms with Gasteiger partial charge >= 0.3 is 0 Å². The van der Waals surface area contributed by atoms with Crippen molar-refractivity contribution in [3.05, 3.63) is 198 Å². The standard InChI is InChI=1S/C36H25N2.C15H9BrN.Ir/c1-36(2)30-14-5-6-16-33(30)38-32-18-17-25(22-29(32)28-13-8-15-31(36)35(28)38)24-10-7-11-26(21-24)34-27-12-4-3-9-23(27)19-20-37-34;16-13-6-3-5-12(10-13)15-14-7-2-1-4-11(14)8-9-17-15;/h3-10,12-22H,1-2H3;1-4,6-10H;/q2*-1;. The number of fused-ring (bicyclic) bond motifs is 7. The summed E-state index contributed by atoms with van der Waals surface area (Å²) in [5.41, 5.74) is 12.9. The third-order valence-electron chi connectivity index (χ3n) is 11.0. The van der Waals surface area contributed by atoms with Gasteiger partial charge in [-0.05, 0) is 80.0 Å². The van der Waals surface area contributed by atoms with Gasteiger partial charge in [-0.25, -0.2) is 0 Å². The van der Waals surface area contributed by atoms with E-state index in [0.29, 0.717) is 0 Å².